The van der Waals surface area contributed by atoms with Gasteiger partial charge in [-0.3, -0.25) is 34.8 Å². The zero-order valence-corrected chi connectivity index (χ0v) is 38.2. The molecule has 6 aromatic heterocycles. The zero-order chi connectivity index (χ0) is 45.9. The van der Waals surface area contributed by atoms with Gasteiger partial charge in [0.2, 0.25) is 0 Å². The van der Waals surface area contributed by atoms with E-state index in [-0.39, 0.29) is 11.1 Å². The highest BCUT2D eigenvalue weighted by Gasteiger charge is 2.21. The fourth-order valence-electron chi connectivity index (χ4n) is 8.07. The Bertz CT molecular complexity index is 2630. The van der Waals surface area contributed by atoms with E-state index in [1.807, 2.05) is 68.3 Å². The summed E-state index contributed by atoms with van der Waals surface area (Å²) < 4.78 is 8.91. The average molecular weight is 887 g/mol. The Morgan fingerprint density at radius 2 is 1.12 bits per heavy atom. The third kappa shape index (κ3) is 13.7. The van der Waals surface area contributed by atoms with Crippen LogP contribution in [0.15, 0.2) is 83.2 Å². The van der Waals surface area contributed by atoms with Gasteiger partial charge in [-0.05, 0) is 122 Å². The molecule has 0 unspecified atom stereocenters. The van der Waals surface area contributed by atoms with Crippen molar-refractivity contribution in [1.29, 1.82) is 0 Å². The van der Waals surface area contributed by atoms with Gasteiger partial charge in [0.05, 0.1) is 58.2 Å². The highest BCUT2D eigenvalue weighted by Crippen LogP contribution is 2.16. The molecular weight excluding hydrogens is 825 g/mol. The maximum absolute atomic E-state index is 12.5. The second-order valence-electron chi connectivity index (χ2n) is 17.9. The lowest BCUT2D eigenvalue weighted by atomic mass is 10.0. The van der Waals surface area contributed by atoms with E-state index in [4.69, 9.17) is 10.5 Å². The number of aryl methyl sites for hydroxylation is 2. The average Bonchev–Trinajstić information content (AvgIpc) is 3.28. The first-order valence-corrected chi connectivity index (χ1v) is 22.5. The number of hydrogen-bond donors (Lipinski definition) is 4. The predicted octanol–water partition coefficient (Wildman–Crippen LogP) is 4.43. The highest BCUT2D eigenvalue weighted by atomic mass is 16.6. The van der Waals surface area contributed by atoms with Crippen LogP contribution in [-0.4, -0.2) is 112 Å². The molecule has 8 rings (SSSR count). The molecule has 0 aromatic carbocycles. The molecule has 18 nitrogen and oxygen atoms in total. The molecule has 2 aliphatic heterocycles. The molecule has 18 heteroatoms. The largest absolute Gasteiger partial charge is 0.444 e. The molecule has 0 atom stereocenters. The lowest BCUT2D eigenvalue weighted by molar-refractivity contribution is 0.0635. The maximum Gasteiger partial charge on any atom is 0.413 e. The van der Waals surface area contributed by atoms with E-state index in [0.29, 0.717) is 49.9 Å². The summed E-state index contributed by atoms with van der Waals surface area (Å²) in [6, 6.07) is 11.7. The van der Waals surface area contributed by atoms with Gasteiger partial charge in [-0.1, -0.05) is 0 Å². The molecule has 5 N–H and O–H groups in total. The predicted molar refractivity (Wildman–Crippen MR) is 252 cm³/mol. The van der Waals surface area contributed by atoms with Crippen molar-refractivity contribution in [3.8, 4) is 0 Å². The number of carbonyl (C=O) groups excluding carboxylic acids is 1. The quantitative estimate of drug-likeness (QED) is 0.126. The van der Waals surface area contributed by atoms with Crippen LogP contribution in [0.1, 0.15) is 69.0 Å². The molecule has 0 radical (unpaired) electrons. The lowest BCUT2D eigenvalue weighted by Gasteiger charge is -2.32. The van der Waals surface area contributed by atoms with E-state index in [1.165, 1.54) is 6.20 Å². The molecule has 65 heavy (non-hydrogen) atoms. The molecule has 344 valence electrons. The number of nitrogen functional groups attached to an aromatic ring is 1. The van der Waals surface area contributed by atoms with Gasteiger partial charge >= 0.3 is 6.09 Å². The summed E-state index contributed by atoms with van der Waals surface area (Å²) in [5.41, 5.74) is 12.4. The third-order valence-electron chi connectivity index (χ3n) is 11.6. The van der Waals surface area contributed by atoms with Gasteiger partial charge in [-0.25, -0.2) is 14.8 Å². The fraction of sp³-hybridized carbons (Fsp3) is 0.468. The standard InChI is InChI=1S/C26H35N7O3.C21H27N7O/c1-18-13-22-21(29-14-18)5-6-24(34)33(22)12-11-32-9-7-19(8-10-32)27-15-20-16-30-23(17-28-20)31-25(35)36-26(2,3)4;1-15-10-19-18(25-11-15)2-3-21(29)28(19)9-8-27-6-4-16(5-7-27)23-12-17-13-26-20(22)14-24-17/h5-6,13-14,16-17,19,27H,7-12,15H2,1-4H3,(H,30,31,35);2-3,10-11,13-14,16,23H,4-9,12H2,1H3,(H2,22,26). The summed E-state index contributed by atoms with van der Waals surface area (Å²) in [5.74, 6) is 0.802. The Morgan fingerprint density at radius 1 is 0.646 bits per heavy atom. The van der Waals surface area contributed by atoms with Crippen LogP contribution in [0.5, 0.6) is 0 Å². The lowest BCUT2D eigenvalue weighted by Crippen LogP contribution is -2.43. The molecule has 0 spiro atoms. The molecule has 8 heterocycles. The molecule has 6 aromatic rings. The number of pyridine rings is 4. The van der Waals surface area contributed by atoms with Crippen molar-refractivity contribution >= 4 is 39.8 Å². The second-order valence-corrected chi connectivity index (χ2v) is 17.9. The van der Waals surface area contributed by atoms with Crippen LogP contribution in [0.3, 0.4) is 0 Å². The van der Waals surface area contributed by atoms with Gasteiger partial charge in [0, 0.05) is 75.9 Å². The van der Waals surface area contributed by atoms with Crippen LogP contribution in [0, 0.1) is 13.8 Å². The Balaban J connectivity index is 0.000000198. The highest BCUT2D eigenvalue weighted by molar-refractivity contribution is 5.83. The number of nitrogens with one attached hydrogen (secondary N) is 3. The molecule has 2 saturated heterocycles. The molecule has 2 fully saturated rings. The monoisotopic (exact) mass is 887 g/mol. The van der Waals surface area contributed by atoms with Gasteiger partial charge in [-0.15, -0.1) is 0 Å². The Labute approximate surface area is 379 Å². The van der Waals surface area contributed by atoms with Crippen LogP contribution in [0.4, 0.5) is 16.4 Å². The van der Waals surface area contributed by atoms with Gasteiger partial charge in [0.1, 0.15) is 11.4 Å². The van der Waals surface area contributed by atoms with Crippen LogP contribution < -0.4 is 32.8 Å². The molecule has 0 saturated carbocycles. The molecule has 1 amide bonds. The van der Waals surface area contributed by atoms with E-state index < -0.39 is 11.7 Å². The minimum absolute atomic E-state index is 0.0138. The number of amides is 1. The van der Waals surface area contributed by atoms with Crippen molar-refractivity contribution in [2.45, 2.75) is 104 Å². The number of hydrogen-bond acceptors (Lipinski definition) is 15. The molecule has 0 aliphatic carbocycles. The number of likely N-dealkylation sites (tertiary alicyclic amines) is 2. The smallest absolute Gasteiger partial charge is 0.413 e. The maximum atomic E-state index is 12.5. The number of anilines is 2. The van der Waals surface area contributed by atoms with Crippen LogP contribution in [-0.2, 0) is 30.9 Å². The molecule has 2 aliphatic rings. The van der Waals surface area contributed by atoms with Crippen LogP contribution in [0.25, 0.3) is 22.1 Å². The topological polar surface area (TPSA) is 216 Å². The van der Waals surface area contributed by atoms with Gasteiger partial charge in [-0.2, -0.15) is 0 Å². The number of rotatable bonds is 13. The van der Waals surface area contributed by atoms with E-state index in [0.717, 1.165) is 110 Å². The summed E-state index contributed by atoms with van der Waals surface area (Å²) in [4.78, 5) is 67.5. The summed E-state index contributed by atoms with van der Waals surface area (Å²) in [7, 11) is 0. The Hall–Kier alpha value is -6.21. The number of nitrogens with two attached hydrogens (primary N) is 1. The van der Waals surface area contributed by atoms with Crippen molar-refractivity contribution in [2.24, 2.45) is 0 Å². The van der Waals surface area contributed by atoms with Gasteiger partial charge in [0.15, 0.2) is 5.82 Å². The van der Waals surface area contributed by atoms with Gasteiger partial charge in [0.25, 0.3) is 11.1 Å². The third-order valence-corrected chi connectivity index (χ3v) is 11.6. The SMILES string of the molecule is Cc1cnc2ccc(=O)n(CCN3CCC(NCc4cnc(N)cn4)CC3)c2c1.Cc1cnc2ccc(=O)n(CCN3CCC(NCc4cnc(NC(=O)OC(C)(C)C)cn4)CC3)c2c1. The fourth-order valence-corrected chi connectivity index (χ4v) is 8.07. The zero-order valence-electron chi connectivity index (χ0n) is 38.2. The number of aromatic nitrogens is 8. The normalized spacial score (nSPS) is 15.5. The van der Waals surface area contributed by atoms with E-state index in [2.05, 4.69) is 55.7 Å². The Kier molecular flexibility index (Phi) is 15.6. The van der Waals surface area contributed by atoms with E-state index >= 15 is 0 Å². The van der Waals surface area contributed by atoms with Crippen LogP contribution >= 0.6 is 0 Å². The minimum atomic E-state index is -0.568. The van der Waals surface area contributed by atoms with E-state index in [9.17, 15) is 14.4 Å². The minimum Gasteiger partial charge on any atom is -0.444 e. The number of carbonyl (C=O) groups is 1. The first-order chi connectivity index (χ1) is 31.2. The summed E-state index contributed by atoms with van der Waals surface area (Å²) in [6.45, 7) is 17.7. The van der Waals surface area contributed by atoms with E-state index in [1.54, 1.807) is 42.9 Å². The van der Waals surface area contributed by atoms with Crippen molar-refractivity contribution in [3.63, 3.8) is 0 Å². The summed E-state index contributed by atoms with van der Waals surface area (Å²) in [6.07, 6.45) is 13.8. The molecule has 0 bridgehead atoms. The van der Waals surface area contributed by atoms with Crippen LogP contribution in [0.2, 0.25) is 0 Å². The number of piperidine rings is 2. The van der Waals surface area contributed by atoms with Crippen molar-refractivity contribution in [2.75, 3.05) is 50.3 Å². The number of fused-ring (bicyclic) bond motifs is 2. The van der Waals surface area contributed by atoms with Crippen molar-refractivity contribution < 1.29 is 9.53 Å². The second kappa shape index (κ2) is 21.6. The first kappa shape index (κ1) is 46.8. The Morgan fingerprint density at radius 3 is 1.55 bits per heavy atom. The number of ether oxygens (including phenoxy) is 1. The summed E-state index contributed by atoms with van der Waals surface area (Å²) >= 11 is 0. The van der Waals surface area contributed by atoms with Crippen molar-refractivity contribution in [1.82, 2.24) is 59.5 Å². The first-order valence-electron chi connectivity index (χ1n) is 22.5. The summed E-state index contributed by atoms with van der Waals surface area (Å²) in [5, 5.41) is 9.71. The van der Waals surface area contributed by atoms with Gasteiger partial charge < -0.3 is 40.0 Å². The molecular formula is C47H62N14O4. The van der Waals surface area contributed by atoms with Crippen molar-refractivity contribution in [3.05, 3.63) is 117 Å². The number of nitrogens with zero attached hydrogens (tertiary/aromatic N) is 10.